The number of rotatable bonds is 6. The van der Waals surface area contributed by atoms with Crippen LogP contribution in [0.1, 0.15) is 22.3 Å². The predicted molar refractivity (Wildman–Crippen MR) is 233 cm³/mol. The van der Waals surface area contributed by atoms with Crippen molar-refractivity contribution >= 4 is 17.1 Å². The summed E-state index contributed by atoms with van der Waals surface area (Å²) < 4.78 is 6.72. The molecular weight excluding hydrogens is 693 g/mol. The van der Waals surface area contributed by atoms with Crippen LogP contribution in [0, 0.1) is 0 Å². The highest BCUT2D eigenvalue weighted by Crippen LogP contribution is 2.63. The summed E-state index contributed by atoms with van der Waals surface area (Å²) in [5.74, 6) is 1.74. The van der Waals surface area contributed by atoms with Gasteiger partial charge in [0.2, 0.25) is 0 Å². The second kappa shape index (κ2) is 13.4. The molecular formula is C54H36N2O. The molecule has 0 atom stereocenters. The molecule has 1 aromatic heterocycles. The van der Waals surface area contributed by atoms with E-state index in [-0.39, 0.29) is 0 Å². The van der Waals surface area contributed by atoms with Crippen molar-refractivity contribution in [2.45, 2.75) is 5.41 Å². The molecule has 0 amide bonds. The van der Waals surface area contributed by atoms with Gasteiger partial charge in [-0.2, -0.15) is 0 Å². The van der Waals surface area contributed by atoms with E-state index in [0.717, 1.165) is 56.4 Å². The second-order valence-electron chi connectivity index (χ2n) is 14.7. The quantitative estimate of drug-likeness (QED) is 0.170. The van der Waals surface area contributed by atoms with E-state index < -0.39 is 5.41 Å². The summed E-state index contributed by atoms with van der Waals surface area (Å²) in [6.07, 6.45) is 3.78. The summed E-state index contributed by atoms with van der Waals surface area (Å²) in [5, 5.41) is 0. The molecule has 57 heavy (non-hydrogen) atoms. The smallest absolute Gasteiger partial charge is 0.132 e. The van der Waals surface area contributed by atoms with E-state index in [1.807, 2.05) is 18.5 Å². The van der Waals surface area contributed by atoms with Crippen LogP contribution >= 0.6 is 0 Å². The molecule has 0 radical (unpaired) electrons. The minimum atomic E-state index is -0.647. The van der Waals surface area contributed by atoms with E-state index >= 15 is 0 Å². The fraction of sp³-hybridized carbons (Fsp3) is 0.0185. The van der Waals surface area contributed by atoms with Crippen molar-refractivity contribution in [1.29, 1.82) is 0 Å². The number of hydrogen-bond donors (Lipinski definition) is 0. The van der Waals surface area contributed by atoms with Gasteiger partial charge in [0.1, 0.15) is 11.5 Å². The van der Waals surface area contributed by atoms with Crippen LogP contribution in [-0.4, -0.2) is 4.98 Å². The first kappa shape index (κ1) is 32.9. The van der Waals surface area contributed by atoms with Crippen molar-refractivity contribution in [3.8, 4) is 56.0 Å². The van der Waals surface area contributed by atoms with Gasteiger partial charge in [-0.3, -0.25) is 4.98 Å². The Morgan fingerprint density at radius 3 is 1.61 bits per heavy atom. The highest BCUT2D eigenvalue weighted by molar-refractivity contribution is 5.94. The number of nitrogens with zero attached hydrogens (tertiary/aromatic N) is 2. The first-order valence-corrected chi connectivity index (χ1v) is 19.4. The normalized spacial score (nSPS) is 12.8. The van der Waals surface area contributed by atoms with E-state index in [2.05, 4.69) is 210 Å². The first-order valence-electron chi connectivity index (χ1n) is 19.4. The average Bonchev–Trinajstić information content (AvgIpc) is 3.57. The zero-order valence-corrected chi connectivity index (χ0v) is 31.1. The van der Waals surface area contributed by atoms with Crippen LogP contribution in [0.25, 0.3) is 44.5 Å². The van der Waals surface area contributed by atoms with E-state index in [4.69, 9.17) is 4.74 Å². The van der Waals surface area contributed by atoms with Crippen molar-refractivity contribution in [2.24, 2.45) is 0 Å². The van der Waals surface area contributed by atoms with E-state index in [9.17, 15) is 0 Å². The zero-order chi connectivity index (χ0) is 37.8. The predicted octanol–water partition coefficient (Wildman–Crippen LogP) is 14.0. The zero-order valence-electron chi connectivity index (χ0n) is 31.1. The molecule has 2 aliphatic rings. The molecule has 8 aromatic carbocycles. The maximum Gasteiger partial charge on any atom is 0.132 e. The lowest BCUT2D eigenvalue weighted by Crippen LogP contribution is -2.32. The van der Waals surface area contributed by atoms with Crippen molar-refractivity contribution in [3.05, 3.63) is 241 Å². The van der Waals surface area contributed by atoms with Gasteiger partial charge in [0.05, 0.1) is 11.1 Å². The molecule has 0 saturated carbocycles. The van der Waals surface area contributed by atoms with Crippen LogP contribution in [-0.2, 0) is 5.41 Å². The van der Waals surface area contributed by atoms with Crippen LogP contribution in [0.3, 0.4) is 0 Å². The summed E-state index contributed by atoms with van der Waals surface area (Å²) in [6.45, 7) is 0. The topological polar surface area (TPSA) is 25.4 Å². The first-order chi connectivity index (χ1) is 28.3. The fourth-order valence-corrected chi connectivity index (χ4v) is 9.13. The monoisotopic (exact) mass is 728 g/mol. The van der Waals surface area contributed by atoms with Crippen LogP contribution < -0.4 is 9.64 Å². The Balaban J connectivity index is 1.18. The molecule has 1 aliphatic heterocycles. The SMILES string of the molecule is c1ccc(-c2ccc(N(c3ccc4c(c3)C3(c5ccccc5Oc5ccccc53)c3cc(-c5cccnc5)ccc3-4)c3ccccc3-c3ccccc3)cc2)cc1. The van der Waals surface area contributed by atoms with Crippen molar-refractivity contribution in [2.75, 3.05) is 4.90 Å². The third kappa shape index (κ3) is 5.24. The van der Waals surface area contributed by atoms with Crippen LogP contribution in [0.4, 0.5) is 17.1 Å². The number of aromatic nitrogens is 1. The van der Waals surface area contributed by atoms with Crippen LogP contribution in [0.5, 0.6) is 11.5 Å². The van der Waals surface area contributed by atoms with Crippen LogP contribution in [0.15, 0.2) is 219 Å². The highest BCUT2D eigenvalue weighted by atomic mass is 16.5. The maximum absolute atomic E-state index is 6.72. The third-order valence-electron chi connectivity index (χ3n) is 11.6. The Morgan fingerprint density at radius 2 is 0.912 bits per heavy atom. The number of fused-ring (bicyclic) bond motifs is 9. The summed E-state index contributed by atoms with van der Waals surface area (Å²) >= 11 is 0. The summed E-state index contributed by atoms with van der Waals surface area (Å²) in [6, 6.07) is 74.2. The lowest BCUT2D eigenvalue weighted by molar-refractivity contribution is 0.436. The van der Waals surface area contributed by atoms with Crippen LogP contribution in [0.2, 0.25) is 0 Å². The third-order valence-corrected chi connectivity index (χ3v) is 11.6. The number of hydrogen-bond acceptors (Lipinski definition) is 3. The van der Waals surface area contributed by atoms with Gasteiger partial charge in [-0.05, 0) is 105 Å². The molecule has 11 rings (SSSR count). The lowest BCUT2D eigenvalue weighted by atomic mass is 9.66. The average molecular weight is 729 g/mol. The largest absolute Gasteiger partial charge is 0.457 e. The Morgan fingerprint density at radius 1 is 0.368 bits per heavy atom. The van der Waals surface area contributed by atoms with Gasteiger partial charge in [-0.15, -0.1) is 0 Å². The Hall–Kier alpha value is -7.49. The van der Waals surface area contributed by atoms with E-state index in [1.165, 1.54) is 38.9 Å². The highest BCUT2D eigenvalue weighted by Gasteiger charge is 2.51. The Kier molecular flexibility index (Phi) is 7.71. The molecule has 3 heteroatoms. The minimum Gasteiger partial charge on any atom is -0.457 e. The van der Waals surface area contributed by atoms with Crippen molar-refractivity contribution in [3.63, 3.8) is 0 Å². The molecule has 3 nitrogen and oxygen atoms in total. The molecule has 9 aromatic rings. The molecule has 0 saturated heterocycles. The number of ether oxygens (including phenoxy) is 1. The fourth-order valence-electron chi connectivity index (χ4n) is 9.13. The van der Waals surface area contributed by atoms with Gasteiger partial charge >= 0.3 is 0 Å². The minimum absolute atomic E-state index is 0.647. The van der Waals surface area contributed by atoms with Gasteiger partial charge in [0, 0.05) is 40.5 Å². The van der Waals surface area contributed by atoms with Gasteiger partial charge in [-0.1, -0.05) is 152 Å². The standard InChI is InChI=1S/C54H36N2O/c1-3-14-37(15-4-1)38-25-28-42(29-26-38)56(51-22-10-7-19-44(51)39-16-5-2-6-17-39)43-30-32-46-45-31-27-40(41-18-13-33-55-36-41)34-49(45)54(50(46)35-43)47-20-8-11-23-52(47)57-53-24-12-9-21-48(53)54/h1-36H. The number of para-hydroxylation sites is 3. The van der Waals surface area contributed by atoms with Gasteiger partial charge in [0.15, 0.2) is 0 Å². The van der Waals surface area contributed by atoms with Crippen molar-refractivity contribution in [1.82, 2.24) is 4.98 Å². The summed E-state index contributed by atoms with van der Waals surface area (Å²) in [4.78, 5) is 6.91. The number of anilines is 3. The number of benzene rings is 8. The Bertz CT molecular complexity index is 2880. The van der Waals surface area contributed by atoms with E-state index in [0.29, 0.717) is 0 Å². The molecule has 0 fully saturated rings. The summed E-state index contributed by atoms with van der Waals surface area (Å²) in [7, 11) is 0. The molecule has 268 valence electrons. The molecule has 0 N–H and O–H groups in total. The molecule has 0 bridgehead atoms. The summed E-state index contributed by atoms with van der Waals surface area (Å²) in [5.41, 5.74) is 16.7. The van der Waals surface area contributed by atoms with Gasteiger partial charge in [-0.25, -0.2) is 0 Å². The Labute approximate surface area is 332 Å². The van der Waals surface area contributed by atoms with Crippen molar-refractivity contribution < 1.29 is 4.74 Å². The second-order valence-corrected chi connectivity index (χ2v) is 14.7. The van der Waals surface area contributed by atoms with Gasteiger partial charge in [0.25, 0.3) is 0 Å². The number of pyridine rings is 1. The maximum atomic E-state index is 6.72. The lowest BCUT2D eigenvalue weighted by Gasteiger charge is -2.40. The van der Waals surface area contributed by atoms with Gasteiger partial charge < -0.3 is 9.64 Å². The molecule has 0 unspecified atom stereocenters. The molecule has 1 spiro atoms. The molecule has 1 aliphatic carbocycles. The molecule has 2 heterocycles. The van der Waals surface area contributed by atoms with E-state index in [1.54, 1.807) is 0 Å².